The van der Waals surface area contributed by atoms with Gasteiger partial charge in [-0.05, 0) is 29.9 Å². The molecule has 0 aliphatic heterocycles. The molecule has 1 aliphatic carbocycles. The van der Waals surface area contributed by atoms with Gasteiger partial charge in [0.25, 0.3) is 0 Å². The highest BCUT2D eigenvalue weighted by Gasteiger charge is 2.33. The molecule has 21 heavy (non-hydrogen) atoms. The van der Waals surface area contributed by atoms with Crippen LogP contribution in [0.4, 0.5) is 0 Å². The lowest BCUT2D eigenvalue weighted by Crippen LogP contribution is -2.45. The minimum absolute atomic E-state index is 0.109. The molecule has 3 N–H and O–H groups in total. The Labute approximate surface area is 127 Å². The van der Waals surface area contributed by atoms with Crippen LogP contribution >= 0.6 is 11.3 Å². The zero-order valence-corrected chi connectivity index (χ0v) is 12.6. The Bertz CT molecular complexity index is 659. The van der Waals surface area contributed by atoms with Gasteiger partial charge in [0.1, 0.15) is 4.88 Å². The van der Waals surface area contributed by atoms with E-state index >= 15 is 0 Å². The van der Waals surface area contributed by atoms with E-state index in [0.29, 0.717) is 11.4 Å². The van der Waals surface area contributed by atoms with Gasteiger partial charge in [-0.15, -0.1) is 11.3 Å². The van der Waals surface area contributed by atoms with Crippen molar-refractivity contribution in [1.29, 1.82) is 0 Å². The van der Waals surface area contributed by atoms with Crippen molar-refractivity contribution >= 4 is 27.4 Å². The minimum atomic E-state index is -0.877. The van der Waals surface area contributed by atoms with Crippen molar-refractivity contribution in [1.82, 2.24) is 5.32 Å². The van der Waals surface area contributed by atoms with Crippen LogP contribution in [0.1, 0.15) is 40.9 Å². The maximum Gasteiger partial charge on any atom is 0.346 e. The van der Waals surface area contributed by atoms with Gasteiger partial charge >= 0.3 is 5.97 Å². The van der Waals surface area contributed by atoms with Crippen LogP contribution in [0.15, 0.2) is 24.3 Å². The van der Waals surface area contributed by atoms with Crippen LogP contribution in [0.25, 0.3) is 10.1 Å². The molecule has 0 radical (unpaired) electrons. The fraction of sp³-hybridized carbons (Fsp3) is 0.438. The maximum atomic E-state index is 11.5. The predicted molar refractivity (Wildman–Crippen MR) is 83.9 cm³/mol. The lowest BCUT2D eigenvalue weighted by molar-refractivity contribution is 0.0700. The highest BCUT2D eigenvalue weighted by molar-refractivity contribution is 7.21. The molecule has 1 aromatic carbocycles. The number of nitrogens with one attached hydrogen (secondary N) is 1. The van der Waals surface area contributed by atoms with E-state index in [1.807, 2.05) is 24.3 Å². The number of carbonyl (C=O) groups is 1. The lowest BCUT2D eigenvalue weighted by atomic mass is 9.98. The van der Waals surface area contributed by atoms with Crippen LogP contribution in [0.3, 0.4) is 0 Å². The summed E-state index contributed by atoms with van der Waals surface area (Å²) in [7, 11) is 0. The molecule has 0 atom stereocenters. The van der Waals surface area contributed by atoms with Gasteiger partial charge in [0.15, 0.2) is 0 Å². The third kappa shape index (κ3) is 2.69. The molecule has 1 heterocycles. The molecular formula is C16H19NO3S. The van der Waals surface area contributed by atoms with Gasteiger partial charge in [0, 0.05) is 16.8 Å². The highest BCUT2D eigenvalue weighted by Crippen LogP contribution is 2.34. The summed E-state index contributed by atoms with van der Waals surface area (Å²) in [6, 6.07) is 7.78. The molecule has 0 spiro atoms. The standard InChI is InChI=1S/C16H19NO3S/c18-10-16(7-3-4-8-16)17-9-12-11-5-1-2-6-13(11)21-14(12)15(19)20/h1-2,5-6,17-18H,3-4,7-10H2,(H,19,20). The first-order chi connectivity index (χ1) is 10.2. The number of thiophene rings is 1. The topological polar surface area (TPSA) is 69.6 Å². The molecule has 2 aromatic rings. The summed E-state index contributed by atoms with van der Waals surface area (Å²) in [5.41, 5.74) is 0.599. The van der Waals surface area contributed by atoms with Crippen molar-refractivity contribution in [3.63, 3.8) is 0 Å². The average molecular weight is 305 g/mol. The first-order valence-corrected chi connectivity index (χ1v) is 8.06. The summed E-state index contributed by atoms with van der Waals surface area (Å²) in [6.45, 7) is 0.601. The number of carboxylic acids is 1. The smallest absolute Gasteiger partial charge is 0.346 e. The molecule has 0 amide bonds. The summed E-state index contributed by atoms with van der Waals surface area (Å²) in [6.07, 6.45) is 4.13. The van der Waals surface area contributed by atoms with Crippen molar-refractivity contribution in [2.75, 3.05) is 6.61 Å². The Morgan fingerprint density at radius 2 is 2.00 bits per heavy atom. The van der Waals surface area contributed by atoms with Crippen LogP contribution in [0, 0.1) is 0 Å². The van der Waals surface area contributed by atoms with Gasteiger partial charge in [-0.2, -0.15) is 0 Å². The zero-order valence-electron chi connectivity index (χ0n) is 11.8. The Hall–Kier alpha value is -1.43. The molecule has 112 valence electrons. The van der Waals surface area contributed by atoms with E-state index in [2.05, 4.69) is 5.32 Å². The van der Waals surface area contributed by atoms with Gasteiger partial charge in [-0.3, -0.25) is 0 Å². The second-order valence-electron chi connectivity index (χ2n) is 5.71. The molecule has 3 rings (SSSR count). The Morgan fingerprint density at radius 1 is 1.29 bits per heavy atom. The number of aliphatic hydroxyl groups excluding tert-OH is 1. The number of aromatic carboxylic acids is 1. The predicted octanol–water partition coefficient (Wildman–Crippen LogP) is 2.99. The molecule has 1 fully saturated rings. The zero-order chi connectivity index (χ0) is 14.9. The van der Waals surface area contributed by atoms with Crippen molar-refractivity contribution in [3.8, 4) is 0 Å². The van der Waals surface area contributed by atoms with Crippen LogP contribution in [-0.2, 0) is 6.54 Å². The third-order valence-electron chi connectivity index (χ3n) is 4.40. The van der Waals surface area contributed by atoms with E-state index in [0.717, 1.165) is 41.3 Å². The first-order valence-electron chi connectivity index (χ1n) is 7.25. The molecule has 1 aliphatic rings. The van der Waals surface area contributed by atoms with Gasteiger partial charge in [0.2, 0.25) is 0 Å². The summed E-state index contributed by atoms with van der Waals surface area (Å²) in [5.74, 6) is -0.877. The van der Waals surface area contributed by atoms with Crippen molar-refractivity contribution in [3.05, 3.63) is 34.7 Å². The monoisotopic (exact) mass is 305 g/mol. The number of aliphatic hydroxyl groups is 1. The van der Waals surface area contributed by atoms with Crippen LogP contribution < -0.4 is 5.32 Å². The maximum absolute atomic E-state index is 11.5. The Morgan fingerprint density at radius 3 is 2.67 bits per heavy atom. The number of rotatable bonds is 5. The summed E-state index contributed by atoms with van der Waals surface area (Å²) in [5, 5.41) is 23.5. The molecule has 4 nitrogen and oxygen atoms in total. The number of hydrogen-bond acceptors (Lipinski definition) is 4. The Balaban J connectivity index is 1.92. The normalized spacial score (nSPS) is 17.4. The average Bonchev–Trinajstić information content (AvgIpc) is 3.10. The third-order valence-corrected chi connectivity index (χ3v) is 5.60. The van der Waals surface area contributed by atoms with Gasteiger partial charge < -0.3 is 15.5 Å². The lowest BCUT2D eigenvalue weighted by Gasteiger charge is -2.28. The van der Waals surface area contributed by atoms with Gasteiger partial charge in [-0.25, -0.2) is 4.79 Å². The van der Waals surface area contributed by atoms with Gasteiger partial charge in [-0.1, -0.05) is 31.0 Å². The molecule has 0 bridgehead atoms. The van der Waals surface area contributed by atoms with E-state index in [1.54, 1.807) is 0 Å². The molecule has 5 heteroatoms. The Kier molecular flexibility index (Phi) is 3.97. The largest absolute Gasteiger partial charge is 0.477 e. The molecule has 1 saturated carbocycles. The van der Waals surface area contributed by atoms with E-state index in [4.69, 9.17) is 0 Å². The van der Waals surface area contributed by atoms with Crippen LogP contribution in [0.5, 0.6) is 0 Å². The van der Waals surface area contributed by atoms with E-state index in [-0.39, 0.29) is 12.1 Å². The molecule has 0 saturated heterocycles. The van der Waals surface area contributed by atoms with Crippen molar-refractivity contribution in [2.24, 2.45) is 0 Å². The molecule has 0 unspecified atom stereocenters. The van der Waals surface area contributed by atoms with E-state index < -0.39 is 5.97 Å². The first kappa shape index (κ1) is 14.5. The van der Waals surface area contributed by atoms with E-state index in [9.17, 15) is 15.0 Å². The second kappa shape index (κ2) is 5.75. The van der Waals surface area contributed by atoms with Crippen LogP contribution in [0.2, 0.25) is 0 Å². The summed E-state index contributed by atoms with van der Waals surface area (Å²) >= 11 is 1.32. The molecule has 1 aromatic heterocycles. The molecular weight excluding hydrogens is 286 g/mol. The highest BCUT2D eigenvalue weighted by atomic mass is 32.1. The number of benzene rings is 1. The SMILES string of the molecule is O=C(O)c1sc2ccccc2c1CNC1(CO)CCCC1. The van der Waals surface area contributed by atoms with Gasteiger partial charge in [0.05, 0.1) is 6.61 Å². The minimum Gasteiger partial charge on any atom is -0.477 e. The number of fused-ring (bicyclic) bond motifs is 1. The van der Waals surface area contributed by atoms with Crippen molar-refractivity contribution in [2.45, 2.75) is 37.8 Å². The van der Waals surface area contributed by atoms with Crippen LogP contribution in [-0.4, -0.2) is 28.3 Å². The van der Waals surface area contributed by atoms with Crippen molar-refractivity contribution < 1.29 is 15.0 Å². The summed E-state index contributed by atoms with van der Waals surface area (Å²) in [4.78, 5) is 11.9. The fourth-order valence-corrected chi connectivity index (χ4v) is 4.23. The van der Waals surface area contributed by atoms with E-state index in [1.165, 1.54) is 11.3 Å². The number of hydrogen-bond donors (Lipinski definition) is 3. The number of carboxylic acid groups (broad SMARTS) is 1. The second-order valence-corrected chi connectivity index (χ2v) is 6.76. The quantitative estimate of drug-likeness (QED) is 0.794. The summed E-state index contributed by atoms with van der Waals surface area (Å²) < 4.78 is 0.996. The fourth-order valence-electron chi connectivity index (χ4n) is 3.17.